The van der Waals surface area contributed by atoms with E-state index in [2.05, 4.69) is 188 Å². The Hall–Kier alpha value is -7.68. The van der Waals surface area contributed by atoms with Crippen LogP contribution < -0.4 is 0 Å². The third-order valence-corrected chi connectivity index (χ3v) is 13.5. The Morgan fingerprint density at radius 1 is 0.322 bits per heavy atom. The van der Waals surface area contributed by atoms with Gasteiger partial charge in [0, 0.05) is 26.9 Å². The molecule has 2 heteroatoms. The average molecular weight is 749 g/mol. The molecular weight excluding hydrogens is 717 g/mol. The lowest BCUT2D eigenvalue weighted by atomic mass is 9.69. The summed E-state index contributed by atoms with van der Waals surface area (Å²) >= 11 is 0. The van der Waals surface area contributed by atoms with Crippen molar-refractivity contribution in [3.63, 3.8) is 0 Å². The van der Waals surface area contributed by atoms with Crippen molar-refractivity contribution in [2.75, 3.05) is 0 Å². The van der Waals surface area contributed by atoms with Gasteiger partial charge >= 0.3 is 0 Å². The van der Waals surface area contributed by atoms with Crippen LogP contribution in [0, 0.1) is 0 Å². The fourth-order valence-corrected chi connectivity index (χ4v) is 11.1. The molecule has 14 rings (SSSR count). The van der Waals surface area contributed by atoms with Crippen molar-refractivity contribution < 1.29 is 8.83 Å². The Kier molecular flexibility index (Phi) is 5.99. The highest BCUT2D eigenvalue weighted by Crippen LogP contribution is 2.66. The van der Waals surface area contributed by atoms with E-state index in [0.29, 0.717) is 0 Å². The molecule has 2 aliphatic rings. The minimum Gasteiger partial charge on any atom is -0.456 e. The average Bonchev–Trinajstić information content (AvgIpc) is 4.04. The molecule has 0 N–H and O–H groups in total. The van der Waals surface area contributed by atoms with Crippen LogP contribution >= 0.6 is 0 Å². The molecule has 0 saturated carbocycles. The first-order valence-electron chi connectivity index (χ1n) is 20.4. The molecule has 0 radical (unpaired) electrons. The van der Waals surface area contributed by atoms with E-state index in [9.17, 15) is 0 Å². The van der Waals surface area contributed by atoms with Crippen molar-refractivity contribution in [2.24, 2.45) is 0 Å². The van der Waals surface area contributed by atoms with Crippen LogP contribution in [0.25, 0.3) is 110 Å². The Balaban J connectivity index is 1.17. The molecule has 59 heavy (non-hydrogen) atoms. The molecule has 2 aliphatic carbocycles. The van der Waals surface area contributed by atoms with E-state index in [1.807, 2.05) is 6.07 Å². The summed E-state index contributed by atoms with van der Waals surface area (Å²) in [6.07, 6.45) is 0. The zero-order chi connectivity index (χ0) is 38.4. The highest BCUT2D eigenvalue weighted by atomic mass is 16.3. The van der Waals surface area contributed by atoms with E-state index in [1.165, 1.54) is 66.2 Å². The molecule has 272 valence electrons. The summed E-state index contributed by atoms with van der Waals surface area (Å²) in [6, 6.07) is 71.5. The lowest BCUT2D eigenvalue weighted by Gasteiger charge is -2.32. The fraction of sp³-hybridized carbons (Fsp3) is 0.0175. The maximum absolute atomic E-state index is 6.79. The molecule has 1 spiro atoms. The Bertz CT molecular complexity index is 3750. The van der Waals surface area contributed by atoms with Gasteiger partial charge in [-0.25, -0.2) is 0 Å². The van der Waals surface area contributed by atoms with Gasteiger partial charge in [-0.2, -0.15) is 0 Å². The van der Waals surface area contributed by atoms with Gasteiger partial charge in [0.2, 0.25) is 0 Å². The number of fused-ring (bicyclic) bond motifs is 20. The smallest absolute Gasteiger partial charge is 0.143 e. The second-order valence-electron chi connectivity index (χ2n) is 16.3. The normalized spacial score (nSPS) is 13.6. The van der Waals surface area contributed by atoms with Gasteiger partial charge in [0.05, 0.1) is 5.41 Å². The minimum absolute atomic E-state index is 0.557. The van der Waals surface area contributed by atoms with Crippen molar-refractivity contribution in [1.29, 1.82) is 0 Å². The van der Waals surface area contributed by atoms with Crippen LogP contribution in [0.3, 0.4) is 0 Å². The zero-order valence-electron chi connectivity index (χ0n) is 31.8. The van der Waals surface area contributed by atoms with Crippen LogP contribution in [0.5, 0.6) is 0 Å². The lowest BCUT2D eigenvalue weighted by Crippen LogP contribution is -2.26. The predicted molar refractivity (Wildman–Crippen MR) is 243 cm³/mol. The van der Waals surface area contributed by atoms with Gasteiger partial charge in [-0.3, -0.25) is 0 Å². The minimum atomic E-state index is -0.557. The topological polar surface area (TPSA) is 26.3 Å². The summed E-state index contributed by atoms with van der Waals surface area (Å²) in [5.41, 5.74) is 18.2. The van der Waals surface area contributed by atoms with E-state index in [1.54, 1.807) is 0 Å². The maximum Gasteiger partial charge on any atom is 0.143 e. The number of furan rings is 2. The van der Waals surface area contributed by atoms with E-state index in [0.717, 1.165) is 66.0 Å². The van der Waals surface area contributed by atoms with Gasteiger partial charge in [0.1, 0.15) is 22.3 Å². The number of para-hydroxylation sites is 1. The quantitative estimate of drug-likeness (QED) is 0.176. The summed E-state index contributed by atoms with van der Waals surface area (Å²) in [7, 11) is 0. The van der Waals surface area contributed by atoms with Crippen molar-refractivity contribution in [3.8, 4) is 44.5 Å². The number of hydrogen-bond acceptors (Lipinski definition) is 2. The second-order valence-corrected chi connectivity index (χ2v) is 16.3. The van der Waals surface area contributed by atoms with Crippen LogP contribution in [0.1, 0.15) is 22.3 Å². The first-order chi connectivity index (χ1) is 29.3. The first kappa shape index (κ1) is 31.4. The van der Waals surface area contributed by atoms with Crippen LogP contribution in [-0.2, 0) is 5.41 Å². The molecule has 2 aromatic heterocycles. The Morgan fingerprint density at radius 2 is 0.966 bits per heavy atom. The monoisotopic (exact) mass is 748 g/mol. The number of benzene rings is 10. The van der Waals surface area contributed by atoms with Gasteiger partial charge in [-0.15, -0.1) is 0 Å². The molecule has 2 nitrogen and oxygen atoms in total. The van der Waals surface area contributed by atoms with E-state index in [4.69, 9.17) is 8.83 Å². The molecule has 0 fully saturated rings. The molecule has 0 unspecified atom stereocenters. The Labute approximate surface area is 339 Å². The zero-order valence-corrected chi connectivity index (χ0v) is 31.8. The predicted octanol–water partition coefficient (Wildman–Crippen LogP) is 15.5. The standard InChI is InChI=1S/C57H32O2/c1-3-14-38-33(12-1)24-27-43-53-45(35-26-29-51-46(30-35)42-18-7-10-22-50(42)58-51)31-36(37-19-11-23-52-54(37)44-28-25-34-13-2-4-15-39(34)56(44)59-52)32-49(53)57(55(38)43)47-20-8-5-16-40(47)41-17-6-9-21-48(41)57/h1-32H. The molecule has 12 aromatic rings. The summed E-state index contributed by atoms with van der Waals surface area (Å²) in [5.74, 6) is 0. The van der Waals surface area contributed by atoms with Crippen molar-refractivity contribution in [3.05, 3.63) is 216 Å². The van der Waals surface area contributed by atoms with E-state index < -0.39 is 5.41 Å². The second kappa shape index (κ2) is 11.2. The van der Waals surface area contributed by atoms with Gasteiger partial charge in [0.15, 0.2) is 0 Å². The molecule has 0 bridgehead atoms. The maximum atomic E-state index is 6.79. The van der Waals surface area contributed by atoms with Crippen LogP contribution in [0.4, 0.5) is 0 Å². The first-order valence-corrected chi connectivity index (χ1v) is 20.4. The third-order valence-electron chi connectivity index (χ3n) is 13.5. The van der Waals surface area contributed by atoms with Crippen molar-refractivity contribution >= 4 is 65.4 Å². The van der Waals surface area contributed by atoms with E-state index >= 15 is 0 Å². The van der Waals surface area contributed by atoms with Gasteiger partial charge < -0.3 is 8.83 Å². The van der Waals surface area contributed by atoms with Crippen LogP contribution in [-0.4, -0.2) is 0 Å². The molecule has 0 amide bonds. The Morgan fingerprint density at radius 3 is 1.80 bits per heavy atom. The van der Waals surface area contributed by atoms with Crippen molar-refractivity contribution in [1.82, 2.24) is 0 Å². The summed E-state index contributed by atoms with van der Waals surface area (Å²) in [6.45, 7) is 0. The summed E-state index contributed by atoms with van der Waals surface area (Å²) in [5, 5.41) is 9.34. The third kappa shape index (κ3) is 3.96. The van der Waals surface area contributed by atoms with Crippen LogP contribution in [0.2, 0.25) is 0 Å². The molecule has 0 saturated heterocycles. The number of rotatable bonds is 2. The van der Waals surface area contributed by atoms with Gasteiger partial charge in [-0.05, 0) is 125 Å². The largest absolute Gasteiger partial charge is 0.456 e. The fourth-order valence-electron chi connectivity index (χ4n) is 11.1. The summed E-state index contributed by atoms with van der Waals surface area (Å²) < 4.78 is 13.2. The van der Waals surface area contributed by atoms with Gasteiger partial charge in [-0.1, -0.05) is 152 Å². The molecule has 2 heterocycles. The summed E-state index contributed by atoms with van der Waals surface area (Å²) in [4.78, 5) is 0. The van der Waals surface area contributed by atoms with E-state index in [-0.39, 0.29) is 0 Å². The molecular formula is C57H32O2. The molecule has 10 aromatic carbocycles. The highest BCUT2D eigenvalue weighted by Gasteiger charge is 2.53. The van der Waals surface area contributed by atoms with Crippen LogP contribution in [0.15, 0.2) is 203 Å². The SMILES string of the molecule is c1ccc2c(c1)-c1ccccc1C21c2cc(-c3cccc4oc5c6ccccc6ccc5c34)cc(-c3ccc4oc5ccccc5c4c3)c2-c2ccc3ccccc3c21. The number of hydrogen-bond donors (Lipinski definition) is 0. The highest BCUT2D eigenvalue weighted by molar-refractivity contribution is 6.20. The molecule has 0 aliphatic heterocycles. The van der Waals surface area contributed by atoms with Crippen molar-refractivity contribution in [2.45, 2.75) is 5.41 Å². The molecule has 0 atom stereocenters. The lowest BCUT2D eigenvalue weighted by molar-refractivity contribution is 0.669. The van der Waals surface area contributed by atoms with Gasteiger partial charge in [0.25, 0.3) is 0 Å².